The minimum absolute atomic E-state index is 0.00987. The maximum absolute atomic E-state index is 12.0. The summed E-state index contributed by atoms with van der Waals surface area (Å²) in [5.41, 5.74) is 1.38. The SMILES string of the molecule is CCCC(=O)Nc1ccc(C(=O)NC2CCCC2)cc1. The van der Waals surface area contributed by atoms with Crippen LogP contribution in [0.1, 0.15) is 55.8 Å². The van der Waals surface area contributed by atoms with E-state index < -0.39 is 0 Å². The number of amides is 2. The van der Waals surface area contributed by atoms with Crippen LogP contribution in [-0.2, 0) is 4.79 Å². The van der Waals surface area contributed by atoms with Crippen molar-refractivity contribution >= 4 is 17.5 Å². The molecular formula is C16H22N2O2. The summed E-state index contributed by atoms with van der Waals surface area (Å²) < 4.78 is 0. The van der Waals surface area contributed by atoms with E-state index in [9.17, 15) is 9.59 Å². The fourth-order valence-corrected chi connectivity index (χ4v) is 2.49. The number of hydrogen-bond acceptors (Lipinski definition) is 2. The average molecular weight is 274 g/mol. The smallest absolute Gasteiger partial charge is 0.251 e. The number of rotatable bonds is 5. The maximum atomic E-state index is 12.0. The van der Waals surface area contributed by atoms with Crippen LogP contribution in [0.25, 0.3) is 0 Å². The quantitative estimate of drug-likeness (QED) is 0.866. The molecule has 0 bridgehead atoms. The first-order valence-corrected chi connectivity index (χ1v) is 7.40. The molecule has 1 saturated carbocycles. The van der Waals surface area contributed by atoms with Crippen molar-refractivity contribution in [3.8, 4) is 0 Å². The molecule has 0 spiro atoms. The Labute approximate surface area is 119 Å². The van der Waals surface area contributed by atoms with E-state index >= 15 is 0 Å². The molecule has 0 unspecified atom stereocenters. The van der Waals surface area contributed by atoms with Gasteiger partial charge in [-0.3, -0.25) is 9.59 Å². The van der Waals surface area contributed by atoms with Gasteiger partial charge in [-0.05, 0) is 43.5 Å². The van der Waals surface area contributed by atoms with Crippen LogP contribution in [0.2, 0.25) is 0 Å². The van der Waals surface area contributed by atoms with E-state index in [0.29, 0.717) is 18.0 Å². The van der Waals surface area contributed by atoms with Crippen LogP contribution in [-0.4, -0.2) is 17.9 Å². The van der Waals surface area contributed by atoms with Crippen molar-refractivity contribution in [3.05, 3.63) is 29.8 Å². The molecule has 0 atom stereocenters. The van der Waals surface area contributed by atoms with Crippen LogP contribution in [0.5, 0.6) is 0 Å². The third-order valence-corrected chi connectivity index (χ3v) is 3.60. The van der Waals surface area contributed by atoms with Crippen molar-refractivity contribution in [2.45, 2.75) is 51.5 Å². The zero-order chi connectivity index (χ0) is 14.4. The van der Waals surface area contributed by atoms with Gasteiger partial charge in [-0.15, -0.1) is 0 Å². The lowest BCUT2D eigenvalue weighted by molar-refractivity contribution is -0.116. The Morgan fingerprint density at radius 3 is 2.40 bits per heavy atom. The van der Waals surface area contributed by atoms with Crippen molar-refractivity contribution < 1.29 is 9.59 Å². The van der Waals surface area contributed by atoms with Gasteiger partial charge in [0.2, 0.25) is 5.91 Å². The molecular weight excluding hydrogens is 252 g/mol. The van der Waals surface area contributed by atoms with Crippen molar-refractivity contribution in [1.82, 2.24) is 5.32 Å². The number of carbonyl (C=O) groups is 2. The molecule has 2 N–H and O–H groups in total. The Hall–Kier alpha value is -1.84. The largest absolute Gasteiger partial charge is 0.349 e. The van der Waals surface area contributed by atoms with Gasteiger partial charge in [-0.1, -0.05) is 19.8 Å². The minimum Gasteiger partial charge on any atom is -0.349 e. The minimum atomic E-state index is -0.0247. The van der Waals surface area contributed by atoms with E-state index in [0.717, 1.165) is 24.9 Å². The standard InChI is InChI=1S/C16H22N2O2/c1-2-5-15(19)17-14-10-8-12(9-11-14)16(20)18-13-6-3-4-7-13/h8-11,13H,2-7H2,1H3,(H,17,19)(H,18,20). The summed E-state index contributed by atoms with van der Waals surface area (Å²) in [6.45, 7) is 1.97. The Morgan fingerprint density at radius 2 is 1.80 bits per heavy atom. The molecule has 0 saturated heterocycles. The summed E-state index contributed by atoms with van der Waals surface area (Å²) in [7, 11) is 0. The molecule has 2 rings (SSSR count). The van der Waals surface area contributed by atoms with Gasteiger partial charge in [0, 0.05) is 23.7 Å². The highest BCUT2D eigenvalue weighted by atomic mass is 16.2. The van der Waals surface area contributed by atoms with E-state index in [2.05, 4.69) is 10.6 Å². The maximum Gasteiger partial charge on any atom is 0.251 e. The summed E-state index contributed by atoms with van der Waals surface area (Å²) in [6.07, 6.45) is 5.91. The number of benzene rings is 1. The van der Waals surface area contributed by atoms with Crippen molar-refractivity contribution in [1.29, 1.82) is 0 Å². The zero-order valence-corrected chi connectivity index (χ0v) is 11.9. The van der Waals surface area contributed by atoms with E-state index in [1.54, 1.807) is 24.3 Å². The first-order valence-electron chi connectivity index (χ1n) is 7.40. The molecule has 2 amide bonds. The molecule has 1 fully saturated rings. The van der Waals surface area contributed by atoms with Gasteiger partial charge >= 0.3 is 0 Å². The Balaban J connectivity index is 1.89. The number of hydrogen-bond donors (Lipinski definition) is 2. The fraction of sp³-hybridized carbons (Fsp3) is 0.500. The highest BCUT2D eigenvalue weighted by molar-refractivity contribution is 5.95. The van der Waals surface area contributed by atoms with Gasteiger partial charge < -0.3 is 10.6 Å². The predicted octanol–water partition coefficient (Wildman–Crippen LogP) is 3.10. The van der Waals surface area contributed by atoms with E-state index in [-0.39, 0.29) is 11.8 Å². The van der Waals surface area contributed by atoms with Crippen LogP contribution >= 0.6 is 0 Å². The molecule has 20 heavy (non-hydrogen) atoms. The highest BCUT2D eigenvalue weighted by Gasteiger charge is 2.17. The van der Waals surface area contributed by atoms with Crippen LogP contribution in [0.15, 0.2) is 24.3 Å². The first kappa shape index (κ1) is 14.6. The lowest BCUT2D eigenvalue weighted by Crippen LogP contribution is -2.32. The van der Waals surface area contributed by atoms with Gasteiger partial charge in [-0.25, -0.2) is 0 Å². The van der Waals surface area contributed by atoms with Crippen LogP contribution in [0.4, 0.5) is 5.69 Å². The average Bonchev–Trinajstić information content (AvgIpc) is 2.92. The molecule has 1 aromatic carbocycles. The third-order valence-electron chi connectivity index (χ3n) is 3.60. The summed E-state index contributed by atoms with van der Waals surface area (Å²) >= 11 is 0. The van der Waals surface area contributed by atoms with Crippen molar-refractivity contribution in [2.24, 2.45) is 0 Å². The molecule has 4 nitrogen and oxygen atoms in total. The lowest BCUT2D eigenvalue weighted by Gasteiger charge is -2.12. The molecule has 1 aliphatic rings. The second kappa shape index (κ2) is 7.08. The highest BCUT2D eigenvalue weighted by Crippen LogP contribution is 2.18. The second-order valence-electron chi connectivity index (χ2n) is 5.33. The number of carbonyl (C=O) groups excluding carboxylic acids is 2. The van der Waals surface area contributed by atoms with Gasteiger partial charge in [0.05, 0.1) is 0 Å². The predicted molar refractivity (Wildman–Crippen MR) is 79.7 cm³/mol. The molecule has 0 heterocycles. The Morgan fingerprint density at radius 1 is 1.15 bits per heavy atom. The first-order chi connectivity index (χ1) is 9.69. The third kappa shape index (κ3) is 4.08. The molecule has 0 radical (unpaired) electrons. The van der Waals surface area contributed by atoms with E-state index in [4.69, 9.17) is 0 Å². The topological polar surface area (TPSA) is 58.2 Å². The lowest BCUT2D eigenvalue weighted by atomic mass is 10.1. The van der Waals surface area contributed by atoms with Gasteiger partial charge in [0.15, 0.2) is 0 Å². The van der Waals surface area contributed by atoms with Crippen LogP contribution < -0.4 is 10.6 Å². The number of nitrogens with one attached hydrogen (secondary N) is 2. The van der Waals surface area contributed by atoms with Gasteiger partial charge in [0.1, 0.15) is 0 Å². The summed E-state index contributed by atoms with van der Waals surface area (Å²) in [4.78, 5) is 23.5. The van der Waals surface area contributed by atoms with E-state index in [1.165, 1.54) is 12.8 Å². The number of anilines is 1. The molecule has 1 aromatic rings. The van der Waals surface area contributed by atoms with Crippen molar-refractivity contribution in [3.63, 3.8) is 0 Å². The normalized spacial score (nSPS) is 15.1. The Kier molecular flexibility index (Phi) is 5.16. The Bertz CT molecular complexity index is 462. The van der Waals surface area contributed by atoms with Crippen LogP contribution in [0, 0.1) is 0 Å². The summed E-state index contributed by atoms with van der Waals surface area (Å²) in [6, 6.07) is 7.39. The van der Waals surface area contributed by atoms with E-state index in [1.807, 2.05) is 6.92 Å². The molecule has 0 aromatic heterocycles. The van der Waals surface area contributed by atoms with Gasteiger partial charge in [-0.2, -0.15) is 0 Å². The monoisotopic (exact) mass is 274 g/mol. The second-order valence-corrected chi connectivity index (χ2v) is 5.33. The molecule has 4 heteroatoms. The summed E-state index contributed by atoms with van der Waals surface area (Å²) in [5, 5.41) is 5.86. The van der Waals surface area contributed by atoms with Gasteiger partial charge in [0.25, 0.3) is 5.91 Å². The summed E-state index contributed by atoms with van der Waals surface area (Å²) in [5.74, 6) is -0.0148. The van der Waals surface area contributed by atoms with Crippen molar-refractivity contribution in [2.75, 3.05) is 5.32 Å². The fourth-order valence-electron chi connectivity index (χ4n) is 2.49. The molecule has 0 aliphatic heterocycles. The molecule has 1 aliphatic carbocycles. The molecule has 108 valence electrons. The van der Waals surface area contributed by atoms with Crippen LogP contribution in [0.3, 0.4) is 0 Å². The zero-order valence-electron chi connectivity index (χ0n) is 11.9.